The highest BCUT2D eigenvalue weighted by Gasteiger charge is 2.21. The van der Waals surface area contributed by atoms with Crippen LogP contribution in [0.15, 0.2) is 0 Å². The second kappa shape index (κ2) is 8.45. The van der Waals surface area contributed by atoms with Gasteiger partial charge in [-0.05, 0) is 45.2 Å². The van der Waals surface area contributed by atoms with Crippen molar-refractivity contribution >= 4 is 5.97 Å². The Kier molecular flexibility index (Phi) is 7.23. The van der Waals surface area contributed by atoms with E-state index in [9.17, 15) is 9.90 Å². The molecule has 5 nitrogen and oxygen atoms in total. The SMILES string of the molecule is CCOCC(O)CN1CCC(CCC(=O)O)CC1. The second-order valence-electron chi connectivity index (χ2n) is 4.99. The van der Waals surface area contributed by atoms with Gasteiger partial charge in [0, 0.05) is 19.6 Å². The van der Waals surface area contributed by atoms with E-state index in [1.165, 1.54) is 0 Å². The Hall–Kier alpha value is -0.650. The molecule has 0 spiro atoms. The molecule has 1 rings (SSSR count). The van der Waals surface area contributed by atoms with E-state index >= 15 is 0 Å². The highest BCUT2D eigenvalue weighted by molar-refractivity contribution is 5.66. The van der Waals surface area contributed by atoms with Gasteiger partial charge in [-0.15, -0.1) is 0 Å². The van der Waals surface area contributed by atoms with E-state index < -0.39 is 12.1 Å². The average Bonchev–Trinajstić information content (AvgIpc) is 2.35. The maximum absolute atomic E-state index is 10.5. The maximum Gasteiger partial charge on any atom is 0.303 e. The topological polar surface area (TPSA) is 70.0 Å². The molecule has 106 valence electrons. The van der Waals surface area contributed by atoms with E-state index in [1.54, 1.807) is 0 Å². The summed E-state index contributed by atoms with van der Waals surface area (Å²) < 4.78 is 5.18. The molecule has 0 aromatic heterocycles. The lowest BCUT2D eigenvalue weighted by Gasteiger charge is -2.32. The maximum atomic E-state index is 10.5. The van der Waals surface area contributed by atoms with Gasteiger partial charge in [-0.3, -0.25) is 4.79 Å². The first kappa shape index (κ1) is 15.4. The standard InChI is InChI=1S/C13H25NO4/c1-2-18-10-12(15)9-14-7-5-11(6-8-14)3-4-13(16)17/h11-12,15H,2-10H2,1H3,(H,16,17). The largest absolute Gasteiger partial charge is 0.481 e. The lowest BCUT2D eigenvalue weighted by Crippen LogP contribution is -2.40. The first-order valence-corrected chi connectivity index (χ1v) is 6.81. The summed E-state index contributed by atoms with van der Waals surface area (Å²) in [6.07, 6.45) is 2.71. The Morgan fingerprint density at radius 3 is 2.67 bits per heavy atom. The highest BCUT2D eigenvalue weighted by atomic mass is 16.5. The molecule has 1 atom stereocenters. The van der Waals surface area contributed by atoms with Gasteiger partial charge in [0.15, 0.2) is 0 Å². The number of rotatable bonds is 8. The van der Waals surface area contributed by atoms with Crippen LogP contribution in [0, 0.1) is 5.92 Å². The van der Waals surface area contributed by atoms with Crippen LogP contribution in [0.1, 0.15) is 32.6 Å². The molecule has 18 heavy (non-hydrogen) atoms. The zero-order valence-corrected chi connectivity index (χ0v) is 11.2. The molecule has 1 heterocycles. The molecule has 0 aliphatic carbocycles. The third kappa shape index (κ3) is 6.33. The lowest BCUT2D eigenvalue weighted by atomic mass is 9.92. The van der Waals surface area contributed by atoms with E-state index in [0.717, 1.165) is 32.4 Å². The van der Waals surface area contributed by atoms with Gasteiger partial charge < -0.3 is 19.8 Å². The van der Waals surface area contributed by atoms with Crippen molar-refractivity contribution in [3.8, 4) is 0 Å². The van der Waals surface area contributed by atoms with Crippen LogP contribution in [0.4, 0.5) is 0 Å². The summed E-state index contributed by atoms with van der Waals surface area (Å²) in [5.74, 6) is -0.175. The third-order valence-corrected chi connectivity index (χ3v) is 3.46. The summed E-state index contributed by atoms with van der Waals surface area (Å²) in [6, 6.07) is 0. The molecule has 0 aromatic carbocycles. The van der Waals surface area contributed by atoms with Gasteiger partial charge in [0.25, 0.3) is 0 Å². The van der Waals surface area contributed by atoms with Crippen molar-refractivity contribution < 1.29 is 19.7 Å². The summed E-state index contributed by atoms with van der Waals surface area (Å²) >= 11 is 0. The predicted molar refractivity (Wildman–Crippen MR) is 68.5 cm³/mol. The summed E-state index contributed by atoms with van der Waals surface area (Å²) in [4.78, 5) is 12.7. The zero-order valence-electron chi connectivity index (χ0n) is 11.2. The normalized spacial score (nSPS) is 19.9. The fraction of sp³-hybridized carbons (Fsp3) is 0.923. The second-order valence-corrected chi connectivity index (χ2v) is 4.99. The van der Waals surface area contributed by atoms with Gasteiger partial charge in [0.05, 0.1) is 12.7 Å². The number of aliphatic carboxylic acids is 1. The molecule has 1 unspecified atom stereocenters. The number of carbonyl (C=O) groups is 1. The quantitative estimate of drug-likeness (QED) is 0.679. The van der Waals surface area contributed by atoms with Gasteiger partial charge in [0.1, 0.15) is 0 Å². The Morgan fingerprint density at radius 1 is 1.44 bits per heavy atom. The Labute approximate surface area is 109 Å². The monoisotopic (exact) mass is 259 g/mol. The minimum absolute atomic E-state index is 0.275. The zero-order chi connectivity index (χ0) is 13.4. The van der Waals surface area contributed by atoms with Crippen LogP contribution >= 0.6 is 0 Å². The summed E-state index contributed by atoms with van der Waals surface area (Å²) in [5, 5.41) is 18.4. The smallest absolute Gasteiger partial charge is 0.303 e. The molecule has 2 N–H and O–H groups in total. The van der Waals surface area contributed by atoms with Crippen LogP contribution in [0.2, 0.25) is 0 Å². The molecule has 1 saturated heterocycles. The number of aliphatic hydroxyl groups is 1. The summed E-state index contributed by atoms with van der Waals surface area (Å²) in [7, 11) is 0. The van der Waals surface area contributed by atoms with Crippen LogP contribution in [0.3, 0.4) is 0 Å². The predicted octanol–water partition coefficient (Wildman–Crippen LogP) is 0.961. The first-order chi connectivity index (χ1) is 8.61. The number of aliphatic hydroxyl groups excluding tert-OH is 1. The number of hydrogen-bond donors (Lipinski definition) is 2. The Morgan fingerprint density at radius 2 is 2.11 bits per heavy atom. The number of likely N-dealkylation sites (tertiary alicyclic amines) is 1. The van der Waals surface area contributed by atoms with E-state index in [4.69, 9.17) is 9.84 Å². The number of piperidine rings is 1. The number of hydrogen-bond acceptors (Lipinski definition) is 4. The van der Waals surface area contributed by atoms with E-state index in [1.807, 2.05) is 6.92 Å². The molecule has 0 saturated carbocycles. The van der Waals surface area contributed by atoms with Crippen molar-refractivity contribution in [1.82, 2.24) is 4.90 Å². The molecule has 1 fully saturated rings. The van der Waals surface area contributed by atoms with Crippen molar-refractivity contribution in [3.05, 3.63) is 0 Å². The molecular formula is C13H25NO4. The molecular weight excluding hydrogens is 234 g/mol. The van der Waals surface area contributed by atoms with Gasteiger partial charge in [-0.1, -0.05) is 0 Å². The van der Waals surface area contributed by atoms with Crippen LogP contribution in [-0.2, 0) is 9.53 Å². The van der Waals surface area contributed by atoms with E-state index in [-0.39, 0.29) is 6.42 Å². The number of carboxylic acids is 1. The highest BCUT2D eigenvalue weighted by Crippen LogP contribution is 2.21. The molecule has 0 radical (unpaired) electrons. The lowest BCUT2D eigenvalue weighted by molar-refractivity contribution is -0.137. The number of β-amino-alcohol motifs (C(OH)–C–C–N with tert-alkyl or cyclic N) is 1. The van der Waals surface area contributed by atoms with Crippen LogP contribution in [0.5, 0.6) is 0 Å². The molecule has 5 heteroatoms. The average molecular weight is 259 g/mol. The van der Waals surface area contributed by atoms with E-state index in [2.05, 4.69) is 4.90 Å². The van der Waals surface area contributed by atoms with Crippen LogP contribution in [-0.4, -0.2) is 60.0 Å². The molecule has 0 bridgehead atoms. The van der Waals surface area contributed by atoms with Gasteiger partial charge >= 0.3 is 5.97 Å². The Balaban J connectivity index is 2.12. The van der Waals surface area contributed by atoms with Crippen molar-refractivity contribution in [2.45, 2.75) is 38.7 Å². The van der Waals surface area contributed by atoms with Crippen molar-refractivity contribution in [2.24, 2.45) is 5.92 Å². The van der Waals surface area contributed by atoms with Crippen molar-refractivity contribution in [3.63, 3.8) is 0 Å². The van der Waals surface area contributed by atoms with E-state index in [0.29, 0.717) is 25.7 Å². The molecule has 1 aliphatic heterocycles. The van der Waals surface area contributed by atoms with Gasteiger partial charge in [-0.2, -0.15) is 0 Å². The van der Waals surface area contributed by atoms with Gasteiger partial charge in [-0.25, -0.2) is 0 Å². The first-order valence-electron chi connectivity index (χ1n) is 6.81. The fourth-order valence-electron chi connectivity index (χ4n) is 2.39. The Bertz CT molecular complexity index is 239. The fourth-order valence-corrected chi connectivity index (χ4v) is 2.39. The third-order valence-electron chi connectivity index (χ3n) is 3.46. The van der Waals surface area contributed by atoms with Crippen molar-refractivity contribution in [2.75, 3.05) is 32.8 Å². The summed E-state index contributed by atoms with van der Waals surface area (Å²) in [5.41, 5.74) is 0. The van der Waals surface area contributed by atoms with Crippen LogP contribution < -0.4 is 0 Å². The van der Waals surface area contributed by atoms with Crippen LogP contribution in [0.25, 0.3) is 0 Å². The summed E-state index contributed by atoms with van der Waals surface area (Å²) in [6.45, 7) is 5.51. The molecule has 0 aromatic rings. The molecule has 1 aliphatic rings. The molecule has 0 amide bonds. The minimum Gasteiger partial charge on any atom is -0.481 e. The minimum atomic E-state index is -0.704. The number of carboxylic acid groups (broad SMARTS) is 1. The number of ether oxygens (including phenoxy) is 1. The number of nitrogens with zero attached hydrogens (tertiary/aromatic N) is 1. The van der Waals surface area contributed by atoms with Crippen molar-refractivity contribution in [1.29, 1.82) is 0 Å². The van der Waals surface area contributed by atoms with Gasteiger partial charge in [0.2, 0.25) is 0 Å².